The van der Waals surface area contributed by atoms with E-state index >= 15 is 0 Å². The largest absolute Gasteiger partial charge is 0.506 e. The lowest BCUT2D eigenvalue weighted by atomic mass is 10.1. The fourth-order valence-electron chi connectivity index (χ4n) is 1.29. The highest BCUT2D eigenvalue weighted by atomic mass is 16.5. The Labute approximate surface area is 87.2 Å². The van der Waals surface area contributed by atoms with E-state index in [2.05, 4.69) is 16.2 Å². The molecule has 2 rings (SSSR count). The van der Waals surface area contributed by atoms with Crippen molar-refractivity contribution in [2.24, 2.45) is 0 Å². The molecule has 0 aromatic carbocycles. The van der Waals surface area contributed by atoms with E-state index in [1.54, 1.807) is 30.6 Å². The Hall–Kier alpha value is -2.10. The molecule has 75 valence electrons. The Morgan fingerprint density at radius 1 is 1.33 bits per heavy atom. The smallest absolute Gasteiger partial charge is 0.156 e. The summed E-state index contributed by atoms with van der Waals surface area (Å²) in [5, 5.41) is 9.63. The molecule has 0 unspecified atom stereocenters. The Bertz CT molecular complexity index is 472. The fraction of sp³-hybridized carbons (Fsp3) is 0.0909. The molecule has 0 aliphatic rings. The van der Waals surface area contributed by atoms with Crippen LogP contribution in [0.5, 0.6) is 11.5 Å². The van der Waals surface area contributed by atoms with Crippen LogP contribution in [0.25, 0.3) is 11.3 Å². The van der Waals surface area contributed by atoms with E-state index in [9.17, 15) is 5.11 Å². The Kier molecular flexibility index (Phi) is 2.49. The molecule has 4 heteroatoms. The van der Waals surface area contributed by atoms with E-state index in [4.69, 9.17) is 4.74 Å². The average Bonchev–Trinajstić information content (AvgIpc) is 2.30. The molecule has 0 fully saturated rings. The molecule has 15 heavy (non-hydrogen) atoms. The lowest BCUT2D eigenvalue weighted by Crippen LogP contribution is -1.91. The van der Waals surface area contributed by atoms with Crippen LogP contribution in [-0.4, -0.2) is 22.2 Å². The van der Waals surface area contributed by atoms with Gasteiger partial charge in [0.2, 0.25) is 0 Å². The van der Waals surface area contributed by atoms with Gasteiger partial charge in [-0.1, -0.05) is 0 Å². The number of hydrogen-bond acceptors (Lipinski definition) is 4. The Balaban J connectivity index is 2.59. The third-order valence-corrected chi connectivity index (χ3v) is 1.97. The zero-order valence-electron chi connectivity index (χ0n) is 8.14. The molecule has 0 bridgehead atoms. The fourth-order valence-corrected chi connectivity index (χ4v) is 1.29. The molecule has 2 aromatic heterocycles. The highest BCUT2D eigenvalue weighted by Gasteiger charge is 2.10. The van der Waals surface area contributed by atoms with E-state index in [0.717, 1.165) is 0 Å². The van der Waals surface area contributed by atoms with Gasteiger partial charge >= 0.3 is 0 Å². The third-order valence-electron chi connectivity index (χ3n) is 1.97. The molecular weight excluding hydrogens is 192 g/mol. The predicted octanol–water partition coefficient (Wildman–Crippen LogP) is 1.66. The van der Waals surface area contributed by atoms with Gasteiger partial charge in [-0.2, -0.15) is 0 Å². The minimum absolute atomic E-state index is 0.107. The zero-order chi connectivity index (χ0) is 10.7. The molecule has 0 aliphatic carbocycles. The molecule has 2 aromatic rings. The van der Waals surface area contributed by atoms with Gasteiger partial charge < -0.3 is 9.84 Å². The van der Waals surface area contributed by atoms with Gasteiger partial charge in [-0.15, -0.1) is 0 Å². The van der Waals surface area contributed by atoms with E-state index in [-0.39, 0.29) is 5.75 Å². The van der Waals surface area contributed by atoms with Crippen LogP contribution >= 0.6 is 0 Å². The van der Waals surface area contributed by atoms with Gasteiger partial charge in [0.1, 0.15) is 17.6 Å². The first-order chi connectivity index (χ1) is 7.33. The minimum Gasteiger partial charge on any atom is -0.506 e. The third kappa shape index (κ3) is 1.74. The molecule has 0 saturated heterocycles. The second-order valence-electron chi connectivity index (χ2n) is 2.87. The molecule has 2 heterocycles. The highest BCUT2D eigenvalue weighted by Crippen LogP contribution is 2.32. The van der Waals surface area contributed by atoms with Crippen LogP contribution < -0.4 is 4.74 Å². The van der Waals surface area contributed by atoms with Crippen molar-refractivity contribution in [1.82, 2.24) is 9.97 Å². The summed E-state index contributed by atoms with van der Waals surface area (Å²) in [5.74, 6) is 0.571. The molecule has 0 saturated carbocycles. The number of rotatable bonds is 2. The van der Waals surface area contributed by atoms with Gasteiger partial charge in [0.15, 0.2) is 5.75 Å². The number of ether oxygens (including phenoxy) is 1. The van der Waals surface area contributed by atoms with Crippen molar-refractivity contribution in [1.29, 1.82) is 0 Å². The van der Waals surface area contributed by atoms with Crippen LogP contribution in [-0.2, 0) is 0 Å². The maximum Gasteiger partial charge on any atom is 0.156 e. The Morgan fingerprint density at radius 2 is 2.20 bits per heavy atom. The van der Waals surface area contributed by atoms with Gasteiger partial charge in [0.05, 0.1) is 7.11 Å². The van der Waals surface area contributed by atoms with Crippen LogP contribution in [0.4, 0.5) is 0 Å². The maximum atomic E-state index is 9.63. The first-order valence-electron chi connectivity index (χ1n) is 4.38. The summed E-state index contributed by atoms with van der Waals surface area (Å²) >= 11 is 0. The number of hydrogen-bond donors (Lipinski definition) is 1. The number of methoxy groups -OCH3 is 1. The van der Waals surface area contributed by atoms with Crippen LogP contribution in [0.3, 0.4) is 0 Å². The van der Waals surface area contributed by atoms with Gasteiger partial charge in [0.25, 0.3) is 0 Å². The van der Waals surface area contributed by atoms with E-state index in [1.807, 2.05) is 0 Å². The SMILES string of the molecule is COc1[c]nccc1-c1ncccc1O. The lowest BCUT2D eigenvalue weighted by Gasteiger charge is -2.07. The first kappa shape index (κ1) is 9.45. The summed E-state index contributed by atoms with van der Waals surface area (Å²) in [4.78, 5) is 7.89. The average molecular weight is 201 g/mol. The first-order valence-corrected chi connectivity index (χ1v) is 4.38. The van der Waals surface area contributed by atoms with E-state index < -0.39 is 0 Å². The highest BCUT2D eigenvalue weighted by molar-refractivity contribution is 5.70. The van der Waals surface area contributed by atoms with Crippen LogP contribution in [0.15, 0.2) is 30.6 Å². The lowest BCUT2D eigenvalue weighted by molar-refractivity contribution is 0.412. The summed E-state index contributed by atoms with van der Waals surface area (Å²) in [5.41, 5.74) is 1.14. The van der Waals surface area contributed by atoms with Crippen LogP contribution in [0.2, 0.25) is 0 Å². The molecular formula is C11H9N2O2. The number of aromatic nitrogens is 2. The van der Waals surface area contributed by atoms with Gasteiger partial charge in [-0.25, -0.2) is 0 Å². The number of pyridine rings is 2. The van der Waals surface area contributed by atoms with Crippen molar-refractivity contribution in [2.75, 3.05) is 7.11 Å². The predicted molar refractivity (Wildman–Crippen MR) is 54.5 cm³/mol. The summed E-state index contributed by atoms with van der Waals surface area (Å²) in [6.45, 7) is 0. The molecule has 0 spiro atoms. The monoisotopic (exact) mass is 201 g/mol. The van der Waals surface area contributed by atoms with Crippen molar-refractivity contribution in [3.8, 4) is 22.8 Å². The Morgan fingerprint density at radius 3 is 2.93 bits per heavy atom. The topological polar surface area (TPSA) is 55.2 Å². The maximum absolute atomic E-state index is 9.63. The van der Waals surface area contributed by atoms with Crippen molar-refractivity contribution in [3.05, 3.63) is 36.8 Å². The summed E-state index contributed by atoms with van der Waals surface area (Å²) in [6.07, 6.45) is 5.87. The van der Waals surface area contributed by atoms with Crippen molar-refractivity contribution in [2.45, 2.75) is 0 Å². The molecule has 0 aliphatic heterocycles. The van der Waals surface area contributed by atoms with Gasteiger partial charge in [-0.3, -0.25) is 9.97 Å². The second kappa shape index (κ2) is 3.96. The molecule has 4 nitrogen and oxygen atoms in total. The molecule has 0 amide bonds. The van der Waals surface area contributed by atoms with Crippen molar-refractivity contribution >= 4 is 0 Å². The summed E-state index contributed by atoms with van der Waals surface area (Å²) in [7, 11) is 1.52. The second-order valence-corrected chi connectivity index (χ2v) is 2.87. The van der Waals surface area contributed by atoms with Crippen molar-refractivity contribution < 1.29 is 9.84 Å². The summed E-state index contributed by atoms with van der Waals surface area (Å²) < 4.78 is 5.09. The zero-order valence-corrected chi connectivity index (χ0v) is 8.14. The molecule has 0 atom stereocenters. The minimum atomic E-state index is 0.107. The number of nitrogens with zero attached hydrogens (tertiary/aromatic N) is 2. The number of aromatic hydroxyl groups is 1. The van der Waals surface area contributed by atoms with E-state index in [0.29, 0.717) is 17.0 Å². The molecule has 1 radical (unpaired) electrons. The standard InChI is InChI=1S/C11H9N2O2/c1-15-10-7-12-6-4-8(10)11-9(14)3-2-5-13-11/h2-6,14H,1H3. The van der Waals surface area contributed by atoms with E-state index in [1.165, 1.54) is 7.11 Å². The van der Waals surface area contributed by atoms with Crippen molar-refractivity contribution in [3.63, 3.8) is 0 Å². The normalized spacial score (nSPS) is 9.93. The quantitative estimate of drug-likeness (QED) is 0.802. The van der Waals surface area contributed by atoms with Crippen LogP contribution in [0, 0.1) is 6.20 Å². The van der Waals surface area contributed by atoms with Gasteiger partial charge in [-0.05, 0) is 18.2 Å². The van der Waals surface area contributed by atoms with Crippen LogP contribution in [0.1, 0.15) is 0 Å². The van der Waals surface area contributed by atoms with Gasteiger partial charge in [0, 0.05) is 18.0 Å². The summed E-state index contributed by atoms with van der Waals surface area (Å²) in [6, 6.07) is 4.95. The molecule has 1 N–H and O–H groups in total.